The molecule has 0 radical (unpaired) electrons. The lowest BCUT2D eigenvalue weighted by Gasteiger charge is -2.22. The Bertz CT molecular complexity index is 850. The lowest BCUT2D eigenvalue weighted by Crippen LogP contribution is -2.23. The molecule has 0 heterocycles. The number of nitrogens with two attached hydrogens (primary N) is 1. The van der Waals surface area contributed by atoms with Crippen LogP contribution in [0.1, 0.15) is 31.8 Å². The quantitative estimate of drug-likeness (QED) is 0.574. The van der Waals surface area contributed by atoms with Gasteiger partial charge in [-0.2, -0.15) is 0 Å². The van der Waals surface area contributed by atoms with Gasteiger partial charge >= 0.3 is 0 Å². The topological polar surface area (TPSA) is 72.2 Å². The standard InChI is InChI=1S/C18H14N2O2/c1-3-10(2)20-14-9-8-13(19)15-16(14)18(22)12-7-5-4-6-11(12)17(15)21/h3-9,20H,1-2,19H2. The van der Waals surface area contributed by atoms with Gasteiger partial charge in [-0.05, 0) is 18.2 Å². The van der Waals surface area contributed by atoms with Gasteiger partial charge in [-0.1, -0.05) is 37.4 Å². The third-order valence-corrected chi connectivity index (χ3v) is 3.65. The molecule has 0 aliphatic heterocycles. The fourth-order valence-electron chi connectivity index (χ4n) is 2.58. The number of anilines is 2. The highest BCUT2D eigenvalue weighted by Crippen LogP contribution is 2.35. The van der Waals surface area contributed by atoms with Crippen LogP contribution in [0.5, 0.6) is 0 Å². The van der Waals surface area contributed by atoms with E-state index in [0.29, 0.717) is 22.5 Å². The Morgan fingerprint density at radius 1 is 1.00 bits per heavy atom. The minimum atomic E-state index is -0.240. The molecule has 2 aromatic carbocycles. The Morgan fingerprint density at radius 3 is 2.18 bits per heavy atom. The highest BCUT2D eigenvalue weighted by atomic mass is 16.1. The summed E-state index contributed by atoms with van der Waals surface area (Å²) in [4.78, 5) is 25.5. The van der Waals surface area contributed by atoms with Crippen LogP contribution >= 0.6 is 0 Å². The second kappa shape index (κ2) is 5.00. The fourth-order valence-corrected chi connectivity index (χ4v) is 2.58. The minimum absolute atomic E-state index is 0.225. The molecule has 0 fully saturated rings. The van der Waals surface area contributed by atoms with E-state index in [1.807, 2.05) is 0 Å². The van der Waals surface area contributed by atoms with Crippen LogP contribution in [-0.2, 0) is 0 Å². The van der Waals surface area contributed by atoms with Crippen molar-refractivity contribution >= 4 is 22.9 Å². The average Bonchev–Trinajstić information content (AvgIpc) is 2.54. The smallest absolute Gasteiger partial charge is 0.196 e. The van der Waals surface area contributed by atoms with E-state index in [1.165, 1.54) is 6.08 Å². The van der Waals surface area contributed by atoms with E-state index in [-0.39, 0.29) is 28.4 Å². The Morgan fingerprint density at radius 2 is 1.59 bits per heavy atom. The molecule has 22 heavy (non-hydrogen) atoms. The third-order valence-electron chi connectivity index (χ3n) is 3.65. The first kappa shape index (κ1) is 13.8. The van der Waals surface area contributed by atoms with Gasteiger partial charge < -0.3 is 11.1 Å². The molecule has 1 aliphatic carbocycles. The van der Waals surface area contributed by atoms with E-state index in [4.69, 9.17) is 5.73 Å². The monoisotopic (exact) mass is 290 g/mol. The summed E-state index contributed by atoms with van der Waals surface area (Å²) in [6.45, 7) is 7.39. The zero-order valence-corrected chi connectivity index (χ0v) is 11.8. The molecule has 0 amide bonds. The van der Waals surface area contributed by atoms with Crippen LogP contribution in [0, 0.1) is 0 Å². The van der Waals surface area contributed by atoms with E-state index >= 15 is 0 Å². The fraction of sp³-hybridized carbons (Fsp3) is 0. The summed E-state index contributed by atoms with van der Waals surface area (Å²) >= 11 is 0. The number of ketones is 2. The second-order valence-corrected chi connectivity index (χ2v) is 5.01. The van der Waals surface area contributed by atoms with Gasteiger partial charge in [0.2, 0.25) is 0 Å². The van der Waals surface area contributed by atoms with Gasteiger partial charge in [-0.15, -0.1) is 0 Å². The number of benzene rings is 2. The molecule has 3 rings (SSSR count). The number of fused-ring (bicyclic) bond motifs is 2. The zero-order chi connectivity index (χ0) is 15.9. The van der Waals surface area contributed by atoms with E-state index in [0.717, 1.165) is 0 Å². The molecule has 0 aromatic heterocycles. The molecule has 3 N–H and O–H groups in total. The number of hydrogen-bond donors (Lipinski definition) is 2. The van der Waals surface area contributed by atoms with E-state index in [9.17, 15) is 9.59 Å². The highest BCUT2D eigenvalue weighted by molar-refractivity contribution is 6.31. The van der Waals surface area contributed by atoms with Crippen LogP contribution in [0.2, 0.25) is 0 Å². The molecule has 0 spiro atoms. The van der Waals surface area contributed by atoms with Crippen molar-refractivity contribution in [2.75, 3.05) is 11.1 Å². The van der Waals surface area contributed by atoms with E-state index in [1.54, 1.807) is 36.4 Å². The molecule has 4 heteroatoms. The van der Waals surface area contributed by atoms with Crippen molar-refractivity contribution in [3.05, 3.63) is 83.6 Å². The van der Waals surface area contributed by atoms with Crippen molar-refractivity contribution < 1.29 is 9.59 Å². The summed E-state index contributed by atoms with van der Waals surface area (Å²) in [5.74, 6) is -0.465. The van der Waals surface area contributed by atoms with Crippen molar-refractivity contribution in [3.8, 4) is 0 Å². The molecular formula is C18H14N2O2. The molecule has 0 saturated carbocycles. The van der Waals surface area contributed by atoms with Gasteiger partial charge in [0.05, 0.1) is 16.8 Å². The summed E-state index contributed by atoms with van der Waals surface area (Å²) < 4.78 is 0. The number of allylic oxidation sites excluding steroid dienone is 1. The summed E-state index contributed by atoms with van der Waals surface area (Å²) in [7, 11) is 0. The molecule has 1 aliphatic rings. The first-order chi connectivity index (χ1) is 10.5. The zero-order valence-electron chi connectivity index (χ0n) is 11.8. The van der Waals surface area contributed by atoms with Crippen LogP contribution < -0.4 is 11.1 Å². The number of nitrogens with one attached hydrogen (secondary N) is 1. The summed E-state index contributed by atoms with van der Waals surface area (Å²) in [6.07, 6.45) is 1.53. The minimum Gasteiger partial charge on any atom is -0.398 e. The predicted molar refractivity (Wildman–Crippen MR) is 87.1 cm³/mol. The first-order valence-corrected chi connectivity index (χ1v) is 6.74. The maximum Gasteiger partial charge on any atom is 0.196 e. The molecular weight excluding hydrogens is 276 g/mol. The normalized spacial score (nSPS) is 12.4. The van der Waals surface area contributed by atoms with Crippen molar-refractivity contribution in [3.63, 3.8) is 0 Å². The Labute approximate surface area is 128 Å². The van der Waals surface area contributed by atoms with Gasteiger partial charge in [0, 0.05) is 22.5 Å². The maximum atomic E-state index is 12.8. The van der Waals surface area contributed by atoms with Crippen LogP contribution in [0.15, 0.2) is 61.3 Å². The molecule has 2 aromatic rings. The molecule has 4 nitrogen and oxygen atoms in total. The molecule has 0 bridgehead atoms. The highest BCUT2D eigenvalue weighted by Gasteiger charge is 2.33. The van der Waals surface area contributed by atoms with Crippen LogP contribution in [0.3, 0.4) is 0 Å². The van der Waals surface area contributed by atoms with Crippen LogP contribution in [0.25, 0.3) is 0 Å². The number of nitrogen functional groups attached to an aromatic ring is 1. The van der Waals surface area contributed by atoms with Crippen LogP contribution in [-0.4, -0.2) is 11.6 Å². The summed E-state index contributed by atoms with van der Waals surface area (Å²) in [6, 6.07) is 10.0. The van der Waals surface area contributed by atoms with Crippen LogP contribution in [0.4, 0.5) is 11.4 Å². The molecule has 0 saturated heterocycles. The SMILES string of the molecule is C=CC(=C)Nc1ccc(N)c2c1C(=O)c1ccccc1C2=O. The lowest BCUT2D eigenvalue weighted by molar-refractivity contribution is 0.0980. The molecule has 0 unspecified atom stereocenters. The second-order valence-electron chi connectivity index (χ2n) is 5.01. The average molecular weight is 290 g/mol. The van der Waals surface area contributed by atoms with E-state index < -0.39 is 0 Å². The predicted octanol–water partition coefficient (Wildman–Crippen LogP) is 3.16. The Hall–Kier alpha value is -3.14. The maximum absolute atomic E-state index is 12.8. The van der Waals surface area contributed by atoms with Crippen molar-refractivity contribution in [2.24, 2.45) is 0 Å². The summed E-state index contributed by atoms with van der Waals surface area (Å²) in [5.41, 5.74) is 8.56. The van der Waals surface area contributed by atoms with Crippen molar-refractivity contribution in [2.45, 2.75) is 0 Å². The number of carbonyl (C=O) groups is 2. The lowest BCUT2D eigenvalue weighted by atomic mass is 9.82. The number of carbonyl (C=O) groups excluding carboxylic acids is 2. The van der Waals surface area contributed by atoms with Crippen molar-refractivity contribution in [1.29, 1.82) is 0 Å². The van der Waals surface area contributed by atoms with Gasteiger partial charge in [0.1, 0.15) is 0 Å². The van der Waals surface area contributed by atoms with Gasteiger partial charge in [0.25, 0.3) is 0 Å². The molecule has 108 valence electrons. The Balaban J connectivity index is 2.27. The van der Waals surface area contributed by atoms with E-state index in [2.05, 4.69) is 18.5 Å². The first-order valence-electron chi connectivity index (χ1n) is 6.74. The summed E-state index contributed by atoms with van der Waals surface area (Å²) in [5, 5.41) is 2.99. The van der Waals surface area contributed by atoms with Crippen molar-refractivity contribution in [1.82, 2.24) is 0 Å². The largest absolute Gasteiger partial charge is 0.398 e. The van der Waals surface area contributed by atoms with Gasteiger partial charge in [-0.25, -0.2) is 0 Å². The van der Waals surface area contributed by atoms with Gasteiger partial charge in [-0.3, -0.25) is 9.59 Å². The number of hydrogen-bond acceptors (Lipinski definition) is 4. The Kier molecular flexibility index (Phi) is 3.14. The van der Waals surface area contributed by atoms with Gasteiger partial charge in [0.15, 0.2) is 11.6 Å². The number of rotatable bonds is 3. The third kappa shape index (κ3) is 1.93. The molecule has 0 atom stereocenters.